The van der Waals surface area contributed by atoms with E-state index in [2.05, 4.69) is 10.3 Å². The van der Waals surface area contributed by atoms with E-state index >= 15 is 0 Å². The molecule has 36 heavy (non-hydrogen) atoms. The molecule has 0 unspecified atom stereocenters. The largest absolute Gasteiger partial charge is 0.416 e. The summed E-state index contributed by atoms with van der Waals surface area (Å²) in [5.41, 5.74) is 2.72. The van der Waals surface area contributed by atoms with Gasteiger partial charge in [0.2, 0.25) is 5.91 Å². The minimum absolute atomic E-state index is 0.114. The van der Waals surface area contributed by atoms with Gasteiger partial charge in [-0.05, 0) is 61.4 Å². The average Bonchev–Trinajstić information content (AvgIpc) is 3.33. The van der Waals surface area contributed by atoms with E-state index in [1.807, 2.05) is 59.3 Å². The van der Waals surface area contributed by atoms with Crippen molar-refractivity contribution in [2.75, 3.05) is 18.4 Å². The van der Waals surface area contributed by atoms with Crippen molar-refractivity contribution in [1.29, 1.82) is 0 Å². The lowest BCUT2D eigenvalue weighted by Crippen LogP contribution is -2.41. The first-order valence-electron chi connectivity index (χ1n) is 11.6. The number of nitrogens with zero attached hydrogens (tertiary/aromatic N) is 3. The highest BCUT2D eigenvalue weighted by Crippen LogP contribution is 2.30. The number of carbonyl (C=O) groups is 2. The van der Waals surface area contributed by atoms with Gasteiger partial charge in [0.25, 0.3) is 5.91 Å². The van der Waals surface area contributed by atoms with Crippen LogP contribution in [0.4, 0.5) is 18.9 Å². The van der Waals surface area contributed by atoms with Crippen LogP contribution in [-0.2, 0) is 11.0 Å². The number of hydrogen-bond donors (Lipinski definition) is 1. The third-order valence-corrected chi connectivity index (χ3v) is 6.42. The molecule has 2 amide bonds. The van der Waals surface area contributed by atoms with Crippen LogP contribution in [0.15, 0.2) is 79.1 Å². The molecule has 0 radical (unpaired) electrons. The van der Waals surface area contributed by atoms with E-state index in [-0.39, 0.29) is 23.3 Å². The summed E-state index contributed by atoms with van der Waals surface area (Å²) in [6.45, 7) is 0.732. The van der Waals surface area contributed by atoms with E-state index < -0.39 is 11.7 Å². The molecule has 0 atom stereocenters. The molecule has 4 aromatic rings. The number of hydrogen-bond acceptors (Lipinski definition) is 3. The number of carbonyl (C=O) groups excluding carboxylic acids is 2. The number of likely N-dealkylation sites (tertiary alicyclic amines) is 1. The predicted molar refractivity (Wildman–Crippen MR) is 129 cm³/mol. The number of fused-ring (bicyclic) bond motifs is 1. The fourth-order valence-corrected chi connectivity index (χ4v) is 4.37. The molecule has 184 valence electrons. The Bertz CT molecular complexity index is 1350. The summed E-state index contributed by atoms with van der Waals surface area (Å²) >= 11 is 0. The van der Waals surface area contributed by atoms with Gasteiger partial charge in [-0.25, -0.2) is 4.98 Å². The zero-order valence-electron chi connectivity index (χ0n) is 19.2. The molecule has 0 spiro atoms. The Hall–Kier alpha value is -4.14. The molecule has 1 aliphatic rings. The fourth-order valence-electron chi connectivity index (χ4n) is 4.37. The molecule has 0 bridgehead atoms. The van der Waals surface area contributed by atoms with Crippen molar-refractivity contribution in [2.24, 2.45) is 5.92 Å². The number of nitrogens with one attached hydrogen (secondary N) is 1. The Balaban J connectivity index is 1.15. The molecule has 1 saturated heterocycles. The van der Waals surface area contributed by atoms with Crippen LogP contribution in [0.5, 0.6) is 0 Å². The zero-order valence-corrected chi connectivity index (χ0v) is 19.2. The molecule has 1 aliphatic heterocycles. The van der Waals surface area contributed by atoms with Gasteiger partial charge in [0.05, 0.1) is 11.3 Å². The monoisotopic (exact) mass is 492 g/mol. The minimum Gasteiger partial charge on any atom is -0.339 e. The van der Waals surface area contributed by atoms with E-state index in [9.17, 15) is 22.8 Å². The van der Waals surface area contributed by atoms with E-state index in [0.717, 1.165) is 29.0 Å². The first kappa shape index (κ1) is 23.6. The highest BCUT2D eigenvalue weighted by atomic mass is 19.4. The highest BCUT2D eigenvalue weighted by Gasteiger charge is 2.31. The summed E-state index contributed by atoms with van der Waals surface area (Å²) in [7, 11) is 0. The number of piperidine rings is 1. The van der Waals surface area contributed by atoms with E-state index in [1.54, 1.807) is 4.90 Å². The molecule has 2 aromatic carbocycles. The molecule has 0 aliphatic carbocycles. The number of aromatic nitrogens is 2. The third kappa shape index (κ3) is 4.95. The van der Waals surface area contributed by atoms with Gasteiger partial charge in [-0.2, -0.15) is 13.2 Å². The van der Waals surface area contributed by atoms with Crippen LogP contribution < -0.4 is 5.32 Å². The smallest absolute Gasteiger partial charge is 0.339 e. The summed E-state index contributed by atoms with van der Waals surface area (Å²) in [5.74, 6) is -0.693. The van der Waals surface area contributed by atoms with Crippen LogP contribution in [0.2, 0.25) is 0 Å². The van der Waals surface area contributed by atoms with E-state index in [1.165, 1.54) is 12.1 Å². The first-order chi connectivity index (χ1) is 17.3. The predicted octanol–water partition coefficient (Wildman–Crippen LogP) is 5.51. The van der Waals surface area contributed by atoms with Gasteiger partial charge >= 0.3 is 6.18 Å². The van der Waals surface area contributed by atoms with Crippen LogP contribution in [0.1, 0.15) is 28.8 Å². The van der Waals surface area contributed by atoms with E-state index in [0.29, 0.717) is 31.6 Å². The van der Waals surface area contributed by atoms with Crippen LogP contribution in [-0.4, -0.2) is 39.2 Å². The maximum atomic E-state index is 12.8. The SMILES string of the molecule is O=C(Nc1ccc(-c2cn3ccccc3n2)cc1)C1CCN(C(=O)c2ccc(C(F)(F)F)cc2)CC1. The van der Waals surface area contributed by atoms with Gasteiger partial charge in [0, 0.05) is 48.2 Å². The van der Waals surface area contributed by atoms with Gasteiger partial charge in [0.1, 0.15) is 5.65 Å². The number of rotatable bonds is 4. The number of anilines is 1. The zero-order chi connectivity index (χ0) is 25.3. The summed E-state index contributed by atoms with van der Waals surface area (Å²) in [4.78, 5) is 31.6. The number of pyridine rings is 1. The van der Waals surface area contributed by atoms with Gasteiger partial charge in [-0.3, -0.25) is 9.59 Å². The lowest BCUT2D eigenvalue weighted by atomic mass is 9.95. The Morgan fingerprint density at radius 3 is 2.25 bits per heavy atom. The van der Waals surface area contributed by atoms with Gasteiger partial charge in [0.15, 0.2) is 0 Å². The molecule has 1 fully saturated rings. The first-order valence-corrected chi connectivity index (χ1v) is 11.6. The number of imidazole rings is 1. The number of benzene rings is 2. The Morgan fingerprint density at radius 2 is 1.61 bits per heavy atom. The van der Waals surface area contributed by atoms with Crippen LogP contribution in [0, 0.1) is 5.92 Å². The topological polar surface area (TPSA) is 66.7 Å². The van der Waals surface area contributed by atoms with Crippen molar-refractivity contribution in [3.8, 4) is 11.3 Å². The van der Waals surface area contributed by atoms with Gasteiger partial charge in [-0.15, -0.1) is 0 Å². The molecule has 6 nitrogen and oxygen atoms in total. The molecule has 1 N–H and O–H groups in total. The van der Waals surface area contributed by atoms with Crippen molar-refractivity contribution < 1.29 is 22.8 Å². The molecule has 3 heterocycles. The van der Waals surface area contributed by atoms with Crippen LogP contribution in [0.25, 0.3) is 16.9 Å². The van der Waals surface area contributed by atoms with Crippen molar-refractivity contribution in [3.05, 3.63) is 90.3 Å². The lowest BCUT2D eigenvalue weighted by molar-refractivity contribution is -0.137. The standard InChI is InChI=1S/C27H23F3N4O2/c28-27(29,30)21-8-4-20(5-9-21)26(36)33-15-12-19(13-16-33)25(35)31-22-10-6-18(7-11-22)23-17-34-14-2-1-3-24(34)32-23/h1-11,14,17,19H,12-13,15-16H2,(H,31,35). The number of amides is 2. The average molecular weight is 493 g/mol. The quantitative estimate of drug-likeness (QED) is 0.409. The van der Waals surface area contributed by atoms with Crippen molar-refractivity contribution in [1.82, 2.24) is 14.3 Å². The molecule has 5 rings (SSSR count). The summed E-state index contributed by atoms with van der Waals surface area (Å²) in [5, 5.41) is 2.94. The summed E-state index contributed by atoms with van der Waals surface area (Å²) in [6, 6.07) is 17.5. The van der Waals surface area contributed by atoms with Crippen LogP contribution in [0.3, 0.4) is 0 Å². The summed E-state index contributed by atoms with van der Waals surface area (Å²) in [6.07, 6.45) is 0.405. The van der Waals surface area contributed by atoms with Crippen molar-refractivity contribution in [2.45, 2.75) is 19.0 Å². The lowest BCUT2D eigenvalue weighted by Gasteiger charge is -2.31. The Labute approximate surface area is 205 Å². The third-order valence-electron chi connectivity index (χ3n) is 6.42. The molecular formula is C27H23F3N4O2. The fraction of sp³-hybridized carbons (Fsp3) is 0.222. The molecule has 2 aromatic heterocycles. The highest BCUT2D eigenvalue weighted by molar-refractivity contribution is 5.95. The second kappa shape index (κ2) is 9.49. The Kier molecular flexibility index (Phi) is 6.22. The Morgan fingerprint density at radius 1 is 0.917 bits per heavy atom. The number of halogens is 3. The molecular weight excluding hydrogens is 469 g/mol. The van der Waals surface area contributed by atoms with Gasteiger partial charge < -0.3 is 14.6 Å². The van der Waals surface area contributed by atoms with E-state index in [4.69, 9.17) is 0 Å². The summed E-state index contributed by atoms with van der Waals surface area (Å²) < 4.78 is 40.2. The molecule has 9 heteroatoms. The normalized spacial score (nSPS) is 14.7. The maximum absolute atomic E-state index is 12.8. The van der Waals surface area contributed by atoms with Crippen LogP contribution >= 0.6 is 0 Å². The second-order valence-corrected chi connectivity index (χ2v) is 8.80. The van der Waals surface area contributed by atoms with Gasteiger partial charge in [-0.1, -0.05) is 18.2 Å². The minimum atomic E-state index is -4.44. The molecule has 0 saturated carbocycles. The van der Waals surface area contributed by atoms with Crippen molar-refractivity contribution >= 4 is 23.1 Å². The van der Waals surface area contributed by atoms with Crippen molar-refractivity contribution in [3.63, 3.8) is 0 Å². The second-order valence-electron chi connectivity index (χ2n) is 8.80. The maximum Gasteiger partial charge on any atom is 0.416 e. The number of alkyl halides is 3.